The first-order chi connectivity index (χ1) is 15.1. The zero-order chi connectivity index (χ0) is 23.5. The number of halogens is 5. The van der Waals surface area contributed by atoms with Gasteiger partial charge in [-0.1, -0.05) is 45.2 Å². The van der Waals surface area contributed by atoms with Crippen molar-refractivity contribution in [3.63, 3.8) is 0 Å². The topological polar surface area (TPSA) is 66.5 Å². The van der Waals surface area contributed by atoms with Crippen LogP contribution in [0.2, 0.25) is 10.0 Å². The monoisotopic (exact) mass is 562 g/mol. The van der Waals surface area contributed by atoms with E-state index in [1.54, 1.807) is 24.3 Å². The highest BCUT2D eigenvalue weighted by atomic mass is 79.9. The number of carbonyl (C=O) groups excluding carboxylic acids is 1. The van der Waals surface area contributed by atoms with E-state index < -0.39 is 34.1 Å². The number of hydrogen-bond donors (Lipinski definition) is 1. The average molecular weight is 564 g/mol. The molecule has 0 atom stereocenters. The number of benzene rings is 3. The Balaban J connectivity index is 1.92. The standard InChI is InChI=1S/C21H15BrCl2F2N2O3S/c22-14-2-6-17(7-3-14)32(30,31)28(11-13-1-4-15(23)9-18(13)24)12-21(29)27-20-8-5-16(25)10-19(20)26/h1-10H,11-12H2,(H,27,29). The molecule has 1 amide bonds. The molecule has 0 aliphatic heterocycles. The molecular weight excluding hydrogens is 549 g/mol. The van der Waals surface area contributed by atoms with Crippen LogP contribution in [0.4, 0.5) is 14.5 Å². The molecule has 11 heteroatoms. The minimum atomic E-state index is -4.14. The summed E-state index contributed by atoms with van der Waals surface area (Å²) < 4.78 is 55.1. The fourth-order valence-corrected chi connectivity index (χ4v) is 4.87. The number of nitrogens with zero attached hydrogens (tertiary/aromatic N) is 1. The Morgan fingerprint density at radius 3 is 2.31 bits per heavy atom. The third-order valence-corrected chi connectivity index (χ3v) is 7.26. The van der Waals surface area contributed by atoms with Crippen LogP contribution in [0, 0.1) is 11.6 Å². The van der Waals surface area contributed by atoms with Crippen LogP contribution in [-0.2, 0) is 21.4 Å². The summed E-state index contributed by atoms with van der Waals surface area (Å²) in [5.74, 6) is -2.61. The van der Waals surface area contributed by atoms with Gasteiger partial charge in [0.15, 0.2) is 0 Å². The third kappa shape index (κ3) is 6.05. The predicted octanol–water partition coefficient (Wildman–Crippen LogP) is 5.86. The van der Waals surface area contributed by atoms with Gasteiger partial charge < -0.3 is 5.32 Å². The molecule has 1 N–H and O–H groups in total. The van der Waals surface area contributed by atoms with Crippen molar-refractivity contribution in [2.45, 2.75) is 11.4 Å². The lowest BCUT2D eigenvalue weighted by molar-refractivity contribution is -0.116. The summed E-state index contributed by atoms with van der Waals surface area (Å²) in [5, 5.41) is 2.85. The smallest absolute Gasteiger partial charge is 0.243 e. The number of sulfonamides is 1. The Kier molecular flexibility index (Phi) is 7.89. The number of rotatable bonds is 7. The summed E-state index contributed by atoms with van der Waals surface area (Å²) in [6, 6.07) is 13.0. The van der Waals surface area contributed by atoms with Gasteiger partial charge in [-0.05, 0) is 54.1 Å². The van der Waals surface area contributed by atoms with Crippen LogP contribution in [0.15, 0.2) is 70.0 Å². The van der Waals surface area contributed by atoms with Gasteiger partial charge in [-0.25, -0.2) is 17.2 Å². The van der Waals surface area contributed by atoms with Crippen molar-refractivity contribution in [2.75, 3.05) is 11.9 Å². The van der Waals surface area contributed by atoms with E-state index in [1.807, 2.05) is 0 Å². The van der Waals surface area contributed by atoms with Crippen LogP contribution in [-0.4, -0.2) is 25.2 Å². The molecule has 32 heavy (non-hydrogen) atoms. The van der Waals surface area contributed by atoms with E-state index in [-0.39, 0.29) is 22.2 Å². The van der Waals surface area contributed by atoms with Gasteiger partial charge in [0.2, 0.25) is 15.9 Å². The number of hydrogen-bond acceptors (Lipinski definition) is 3. The molecule has 3 aromatic carbocycles. The lowest BCUT2D eigenvalue weighted by Gasteiger charge is -2.22. The second-order valence-corrected chi connectivity index (χ2v) is 10.3. The van der Waals surface area contributed by atoms with Crippen molar-refractivity contribution in [1.29, 1.82) is 0 Å². The fraction of sp³-hybridized carbons (Fsp3) is 0.0952. The van der Waals surface area contributed by atoms with Gasteiger partial charge in [0.25, 0.3) is 0 Å². The van der Waals surface area contributed by atoms with Gasteiger partial charge in [0, 0.05) is 27.1 Å². The molecule has 3 aromatic rings. The minimum Gasteiger partial charge on any atom is -0.322 e. The first-order valence-corrected chi connectivity index (χ1v) is 12.0. The van der Waals surface area contributed by atoms with E-state index in [9.17, 15) is 22.0 Å². The molecule has 0 aliphatic carbocycles. The number of amides is 1. The van der Waals surface area contributed by atoms with Crippen molar-refractivity contribution >= 4 is 60.7 Å². The number of nitrogens with one attached hydrogen (secondary N) is 1. The lowest BCUT2D eigenvalue weighted by Crippen LogP contribution is -2.37. The van der Waals surface area contributed by atoms with Gasteiger partial charge in [-0.2, -0.15) is 4.31 Å². The SMILES string of the molecule is O=C(CN(Cc1ccc(Cl)cc1Cl)S(=O)(=O)c1ccc(Br)cc1)Nc1ccc(F)cc1F. The summed E-state index contributed by atoms with van der Waals surface area (Å²) in [6.45, 7) is -0.887. The van der Waals surface area contributed by atoms with Crippen LogP contribution in [0.25, 0.3) is 0 Å². The van der Waals surface area contributed by atoms with Gasteiger partial charge in [-0.3, -0.25) is 4.79 Å². The second kappa shape index (κ2) is 10.3. The van der Waals surface area contributed by atoms with Crippen molar-refractivity contribution in [3.05, 3.63) is 92.4 Å². The van der Waals surface area contributed by atoms with E-state index in [4.69, 9.17) is 23.2 Å². The zero-order valence-electron chi connectivity index (χ0n) is 16.2. The highest BCUT2D eigenvalue weighted by Crippen LogP contribution is 2.26. The van der Waals surface area contributed by atoms with Crippen molar-refractivity contribution < 1.29 is 22.0 Å². The average Bonchev–Trinajstić information content (AvgIpc) is 2.71. The van der Waals surface area contributed by atoms with E-state index >= 15 is 0 Å². The Bertz CT molecular complexity index is 1260. The van der Waals surface area contributed by atoms with Gasteiger partial charge in [-0.15, -0.1) is 0 Å². The van der Waals surface area contributed by atoms with Gasteiger partial charge in [0.05, 0.1) is 17.1 Å². The van der Waals surface area contributed by atoms with E-state index in [0.717, 1.165) is 16.4 Å². The quantitative estimate of drug-likeness (QED) is 0.391. The zero-order valence-corrected chi connectivity index (χ0v) is 20.1. The van der Waals surface area contributed by atoms with Crippen molar-refractivity contribution in [1.82, 2.24) is 4.31 Å². The Hall–Kier alpha value is -2.04. The van der Waals surface area contributed by atoms with Crippen LogP contribution in [0.1, 0.15) is 5.56 Å². The molecule has 0 aromatic heterocycles. The Labute approximate surface area is 202 Å². The predicted molar refractivity (Wildman–Crippen MR) is 123 cm³/mol. The molecule has 0 fully saturated rings. The summed E-state index contributed by atoms with van der Waals surface area (Å²) in [7, 11) is -4.14. The molecule has 0 saturated carbocycles. The molecule has 0 saturated heterocycles. The highest BCUT2D eigenvalue weighted by molar-refractivity contribution is 9.10. The molecule has 3 rings (SSSR count). The van der Waals surface area contributed by atoms with Gasteiger partial charge >= 0.3 is 0 Å². The summed E-state index contributed by atoms with van der Waals surface area (Å²) in [4.78, 5) is 12.5. The number of carbonyl (C=O) groups is 1. The van der Waals surface area contributed by atoms with Crippen LogP contribution >= 0.6 is 39.1 Å². The van der Waals surface area contributed by atoms with E-state index in [2.05, 4.69) is 21.2 Å². The van der Waals surface area contributed by atoms with Crippen LogP contribution < -0.4 is 5.32 Å². The molecule has 0 spiro atoms. The largest absolute Gasteiger partial charge is 0.322 e. The van der Waals surface area contributed by atoms with Gasteiger partial charge in [0.1, 0.15) is 11.6 Å². The summed E-state index contributed by atoms with van der Waals surface area (Å²) in [6.07, 6.45) is 0. The summed E-state index contributed by atoms with van der Waals surface area (Å²) in [5.41, 5.74) is 0.138. The molecule has 0 heterocycles. The third-order valence-electron chi connectivity index (χ3n) is 4.34. The molecule has 0 radical (unpaired) electrons. The first kappa shape index (κ1) is 24.6. The maximum Gasteiger partial charge on any atom is 0.243 e. The molecule has 0 bridgehead atoms. The Morgan fingerprint density at radius 2 is 1.69 bits per heavy atom. The number of anilines is 1. The minimum absolute atomic E-state index is 0.0495. The van der Waals surface area contributed by atoms with E-state index in [1.165, 1.54) is 18.2 Å². The molecule has 5 nitrogen and oxygen atoms in total. The van der Waals surface area contributed by atoms with E-state index in [0.29, 0.717) is 21.1 Å². The van der Waals surface area contributed by atoms with Crippen molar-refractivity contribution in [3.8, 4) is 0 Å². The molecule has 168 valence electrons. The maximum absolute atomic E-state index is 13.9. The fourth-order valence-electron chi connectivity index (χ4n) is 2.76. The van der Waals surface area contributed by atoms with Crippen LogP contribution in [0.5, 0.6) is 0 Å². The lowest BCUT2D eigenvalue weighted by atomic mass is 10.2. The van der Waals surface area contributed by atoms with Crippen molar-refractivity contribution in [2.24, 2.45) is 0 Å². The molecule has 0 aliphatic rings. The maximum atomic E-state index is 13.9. The molecular formula is C21H15BrCl2F2N2O3S. The first-order valence-electron chi connectivity index (χ1n) is 9.01. The second-order valence-electron chi connectivity index (χ2n) is 6.64. The normalized spacial score (nSPS) is 11.6. The van der Waals surface area contributed by atoms with Crippen LogP contribution in [0.3, 0.4) is 0 Å². The molecule has 0 unspecified atom stereocenters. The highest BCUT2D eigenvalue weighted by Gasteiger charge is 2.28. The summed E-state index contributed by atoms with van der Waals surface area (Å²) >= 11 is 15.3. The Morgan fingerprint density at radius 1 is 1.00 bits per heavy atom.